The highest BCUT2D eigenvalue weighted by Crippen LogP contribution is 2.29. The average Bonchev–Trinajstić information content (AvgIpc) is 3.21. The van der Waals surface area contributed by atoms with Crippen LogP contribution in [0, 0.1) is 0 Å². The second-order valence-corrected chi connectivity index (χ2v) is 7.13. The Morgan fingerprint density at radius 2 is 1.75 bits per heavy atom. The second-order valence-electron chi connectivity index (χ2n) is 7.13. The maximum absolute atomic E-state index is 12.8. The molecule has 2 heterocycles. The molecular formula is C22H18F3N5O2. The first-order chi connectivity index (χ1) is 15.2. The Hall–Kier alpha value is -3.95. The molecule has 4 aromatic rings. The summed E-state index contributed by atoms with van der Waals surface area (Å²) < 4.78 is 40.3. The van der Waals surface area contributed by atoms with Crippen LogP contribution in [0.4, 0.5) is 18.9 Å². The first-order valence-corrected chi connectivity index (χ1v) is 9.76. The Labute approximate surface area is 180 Å². The zero-order chi connectivity index (χ0) is 22.9. The molecule has 0 bridgehead atoms. The zero-order valence-corrected chi connectivity index (χ0v) is 16.9. The molecule has 1 amide bonds. The number of aryl methyl sites for hydroxylation is 1. The molecule has 1 N–H and O–H groups in total. The largest absolute Gasteiger partial charge is 0.416 e. The van der Waals surface area contributed by atoms with Gasteiger partial charge in [-0.05, 0) is 42.3 Å². The number of halogens is 3. The zero-order valence-electron chi connectivity index (χ0n) is 16.9. The Morgan fingerprint density at radius 3 is 2.38 bits per heavy atom. The van der Waals surface area contributed by atoms with Gasteiger partial charge in [-0.2, -0.15) is 23.4 Å². The summed E-state index contributed by atoms with van der Waals surface area (Å²) >= 11 is 0. The van der Waals surface area contributed by atoms with E-state index in [1.54, 1.807) is 6.07 Å². The predicted molar refractivity (Wildman–Crippen MR) is 112 cm³/mol. The standard InChI is InChI=1S/C22H18F3N5O2/c1-2-14-3-5-15(6-4-14)18-11-19-21(32)29(26-13-30(19)28-18)12-20(31)27-17-9-7-16(8-10-17)22(23,24)25/h3-11,13H,2,12H2,1H3,(H,27,31). The first-order valence-electron chi connectivity index (χ1n) is 9.76. The highest BCUT2D eigenvalue weighted by atomic mass is 19.4. The van der Waals surface area contributed by atoms with Gasteiger partial charge in [-0.1, -0.05) is 31.2 Å². The summed E-state index contributed by atoms with van der Waals surface area (Å²) in [6.07, 6.45) is -2.22. The van der Waals surface area contributed by atoms with Gasteiger partial charge in [-0.25, -0.2) is 9.20 Å². The maximum atomic E-state index is 12.8. The van der Waals surface area contributed by atoms with E-state index in [0.717, 1.165) is 40.9 Å². The van der Waals surface area contributed by atoms with Crippen molar-refractivity contribution < 1.29 is 18.0 Å². The topological polar surface area (TPSA) is 81.3 Å². The normalized spacial score (nSPS) is 11.6. The molecule has 0 fully saturated rings. The number of hydrogen-bond donors (Lipinski definition) is 1. The number of fused-ring (bicyclic) bond motifs is 1. The number of carbonyl (C=O) groups excluding carboxylic acids is 1. The number of rotatable bonds is 5. The minimum absolute atomic E-state index is 0.180. The minimum atomic E-state index is -4.46. The fraction of sp³-hybridized carbons (Fsp3) is 0.182. The number of nitrogens with zero attached hydrogens (tertiary/aromatic N) is 4. The molecule has 0 atom stereocenters. The fourth-order valence-corrected chi connectivity index (χ4v) is 3.18. The number of nitrogens with one attached hydrogen (secondary N) is 1. The molecule has 164 valence electrons. The van der Waals surface area contributed by atoms with E-state index in [1.807, 2.05) is 24.3 Å². The lowest BCUT2D eigenvalue weighted by molar-refractivity contribution is -0.137. The third-order valence-corrected chi connectivity index (χ3v) is 4.94. The van der Waals surface area contributed by atoms with E-state index < -0.39 is 29.8 Å². The molecule has 2 aromatic carbocycles. The van der Waals surface area contributed by atoms with Crippen LogP contribution in [-0.4, -0.2) is 25.3 Å². The van der Waals surface area contributed by atoms with Gasteiger partial charge >= 0.3 is 6.18 Å². The molecule has 0 spiro atoms. The summed E-state index contributed by atoms with van der Waals surface area (Å²) in [7, 11) is 0. The molecule has 0 aliphatic carbocycles. The van der Waals surface area contributed by atoms with Crippen LogP contribution >= 0.6 is 0 Å². The van der Waals surface area contributed by atoms with Crippen LogP contribution in [0.15, 0.2) is 65.7 Å². The number of benzene rings is 2. The van der Waals surface area contributed by atoms with Crippen molar-refractivity contribution in [2.75, 3.05) is 5.32 Å². The van der Waals surface area contributed by atoms with Crippen molar-refractivity contribution in [2.45, 2.75) is 26.1 Å². The van der Waals surface area contributed by atoms with E-state index in [0.29, 0.717) is 5.69 Å². The van der Waals surface area contributed by atoms with E-state index in [4.69, 9.17) is 0 Å². The SMILES string of the molecule is CCc1ccc(-c2cc3c(=O)n(CC(=O)Nc4ccc(C(F)(F)F)cc4)ncn3n2)cc1. The number of hydrogen-bond acceptors (Lipinski definition) is 4. The Kier molecular flexibility index (Phi) is 5.52. The number of aromatic nitrogens is 4. The molecule has 0 saturated heterocycles. The summed E-state index contributed by atoms with van der Waals surface area (Å²) in [6.45, 7) is 1.66. The highest BCUT2D eigenvalue weighted by molar-refractivity contribution is 5.90. The number of carbonyl (C=O) groups is 1. The lowest BCUT2D eigenvalue weighted by Crippen LogP contribution is -2.30. The van der Waals surface area contributed by atoms with Gasteiger partial charge in [0.25, 0.3) is 5.56 Å². The molecule has 32 heavy (non-hydrogen) atoms. The molecular weight excluding hydrogens is 423 g/mol. The Morgan fingerprint density at radius 1 is 1.06 bits per heavy atom. The smallest absolute Gasteiger partial charge is 0.324 e. The summed E-state index contributed by atoms with van der Waals surface area (Å²) in [5, 5.41) is 10.8. The highest BCUT2D eigenvalue weighted by Gasteiger charge is 2.30. The fourth-order valence-electron chi connectivity index (χ4n) is 3.18. The van der Waals surface area contributed by atoms with Crippen LogP contribution in [0.3, 0.4) is 0 Å². The lowest BCUT2D eigenvalue weighted by Gasteiger charge is -2.09. The van der Waals surface area contributed by atoms with Crippen LogP contribution < -0.4 is 10.9 Å². The van der Waals surface area contributed by atoms with Crippen molar-refractivity contribution in [1.82, 2.24) is 19.4 Å². The van der Waals surface area contributed by atoms with E-state index in [2.05, 4.69) is 22.4 Å². The molecule has 0 radical (unpaired) electrons. The molecule has 0 aliphatic heterocycles. The molecule has 0 unspecified atom stereocenters. The summed E-state index contributed by atoms with van der Waals surface area (Å²) in [4.78, 5) is 25.0. The van der Waals surface area contributed by atoms with Crippen molar-refractivity contribution in [2.24, 2.45) is 0 Å². The molecule has 10 heteroatoms. The Balaban J connectivity index is 1.52. The molecule has 0 saturated carbocycles. The van der Waals surface area contributed by atoms with Gasteiger partial charge in [0.15, 0.2) is 0 Å². The van der Waals surface area contributed by atoms with Crippen molar-refractivity contribution in [3.8, 4) is 11.3 Å². The van der Waals surface area contributed by atoms with E-state index in [9.17, 15) is 22.8 Å². The lowest BCUT2D eigenvalue weighted by atomic mass is 10.1. The van der Waals surface area contributed by atoms with E-state index in [-0.39, 0.29) is 11.2 Å². The van der Waals surface area contributed by atoms with Crippen LogP contribution in [0.2, 0.25) is 0 Å². The van der Waals surface area contributed by atoms with Gasteiger partial charge in [0, 0.05) is 11.3 Å². The number of amides is 1. The van der Waals surface area contributed by atoms with Crippen LogP contribution in [0.5, 0.6) is 0 Å². The first kappa shape index (κ1) is 21.3. The van der Waals surface area contributed by atoms with Crippen molar-refractivity contribution in [3.63, 3.8) is 0 Å². The summed E-state index contributed by atoms with van der Waals surface area (Å²) in [5.41, 5.74) is 1.71. The van der Waals surface area contributed by atoms with Crippen LogP contribution in [0.1, 0.15) is 18.1 Å². The third kappa shape index (κ3) is 4.39. The molecule has 4 rings (SSSR count). The van der Waals surface area contributed by atoms with Crippen molar-refractivity contribution in [3.05, 3.63) is 82.4 Å². The molecule has 7 nitrogen and oxygen atoms in total. The van der Waals surface area contributed by atoms with E-state index >= 15 is 0 Å². The quantitative estimate of drug-likeness (QED) is 0.511. The third-order valence-electron chi connectivity index (χ3n) is 4.94. The monoisotopic (exact) mass is 441 g/mol. The van der Waals surface area contributed by atoms with Gasteiger partial charge in [-0.3, -0.25) is 9.59 Å². The second kappa shape index (κ2) is 8.29. The van der Waals surface area contributed by atoms with Crippen LogP contribution in [0.25, 0.3) is 16.8 Å². The van der Waals surface area contributed by atoms with Gasteiger partial charge in [-0.15, -0.1) is 0 Å². The van der Waals surface area contributed by atoms with E-state index in [1.165, 1.54) is 16.4 Å². The van der Waals surface area contributed by atoms with Crippen LogP contribution in [-0.2, 0) is 23.9 Å². The number of alkyl halides is 3. The van der Waals surface area contributed by atoms with Gasteiger partial charge < -0.3 is 5.32 Å². The minimum Gasteiger partial charge on any atom is -0.324 e. The Bertz CT molecular complexity index is 1320. The molecule has 0 aliphatic rings. The van der Waals surface area contributed by atoms with Crippen molar-refractivity contribution >= 4 is 17.1 Å². The predicted octanol–water partition coefficient (Wildman–Crippen LogP) is 3.78. The molecule has 2 aromatic heterocycles. The maximum Gasteiger partial charge on any atom is 0.416 e. The van der Waals surface area contributed by atoms with Gasteiger partial charge in [0.2, 0.25) is 5.91 Å². The summed E-state index contributed by atoms with van der Waals surface area (Å²) in [5.74, 6) is -0.599. The average molecular weight is 441 g/mol. The number of anilines is 1. The van der Waals surface area contributed by atoms with Gasteiger partial charge in [0.1, 0.15) is 18.4 Å². The van der Waals surface area contributed by atoms with Gasteiger partial charge in [0.05, 0.1) is 11.3 Å². The van der Waals surface area contributed by atoms with Crippen molar-refractivity contribution in [1.29, 1.82) is 0 Å². The summed E-state index contributed by atoms with van der Waals surface area (Å²) in [6, 6.07) is 13.5.